The summed E-state index contributed by atoms with van der Waals surface area (Å²) in [4.78, 5) is 22.6. The number of carbonyl (C=O) groups is 2. The van der Waals surface area contributed by atoms with Crippen molar-refractivity contribution in [3.05, 3.63) is 101 Å². The van der Waals surface area contributed by atoms with E-state index in [4.69, 9.17) is 5.73 Å². The van der Waals surface area contributed by atoms with Gasteiger partial charge < -0.3 is 21.7 Å². The molecule has 1 aliphatic rings. The lowest BCUT2D eigenvalue weighted by atomic mass is 10.0. The minimum absolute atomic E-state index is 0.206. The largest absolute Gasteiger partial charge is 0.388 e. The van der Waals surface area contributed by atoms with Gasteiger partial charge in [-0.2, -0.15) is 0 Å². The average molecular weight is 457 g/mol. The maximum Gasteiger partial charge on any atom is 0.255 e. The highest BCUT2D eigenvalue weighted by molar-refractivity contribution is 6.04. The number of rotatable bonds is 6. The van der Waals surface area contributed by atoms with Crippen molar-refractivity contribution in [2.75, 3.05) is 30.8 Å². The molecule has 0 fully saturated rings. The van der Waals surface area contributed by atoms with Gasteiger partial charge in [-0.25, -0.2) is 0 Å². The van der Waals surface area contributed by atoms with Crippen molar-refractivity contribution >= 4 is 29.1 Å². The Morgan fingerprint density at radius 2 is 1.74 bits per heavy atom. The topological polar surface area (TPSA) is 96.2 Å². The van der Waals surface area contributed by atoms with Gasteiger partial charge in [0.2, 0.25) is 0 Å². The van der Waals surface area contributed by atoms with Crippen LogP contribution in [0.15, 0.2) is 72.8 Å². The van der Waals surface area contributed by atoms with Crippen molar-refractivity contribution in [2.24, 2.45) is 5.73 Å². The zero-order valence-corrected chi connectivity index (χ0v) is 19.7. The summed E-state index contributed by atoms with van der Waals surface area (Å²) in [6.07, 6.45) is 4.16. The fraction of sp³-hybridized carbons (Fsp3) is 0.214. The van der Waals surface area contributed by atoms with Crippen LogP contribution < -0.4 is 21.7 Å². The highest BCUT2D eigenvalue weighted by Crippen LogP contribution is 2.21. The predicted molar refractivity (Wildman–Crippen MR) is 140 cm³/mol. The second-order valence-electron chi connectivity index (χ2n) is 8.05. The summed E-state index contributed by atoms with van der Waals surface area (Å²) in [7, 11) is 1.94. The molecule has 0 atom stereocenters. The van der Waals surface area contributed by atoms with E-state index < -0.39 is 0 Å². The van der Waals surface area contributed by atoms with Crippen molar-refractivity contribution < 1.29 is 9.59 Å². The van der Waals surface area contributed by atoms with Crippen LogP contribution in [0, 0.1) is 6.92 Å². The summed E-state index contributed by atoms with van der Waals surface area (Å²) in [6.45, 7) is 4.53. The smallest absolute Gasteiger partial charge is 0.255 e. The molecule has 3 aromatic carbocycles. The normalized spacial score (nSPS) is 12.6. The van der Waals surface area contributed by atoms with E-state index in [1.54, 1.807) is 24.3 Å². The lowest BCUT2D eigenvalue weighted by Crippen LogP contribution is -2.19. The standard InChI is InChI=1S/C16H16N2O2.C12H16N2/c1-11-8-15(7-6-14(11)9-17)18-16(20)13-4-2-12(10-19)3-5-13;1-13-12-4-2-10(3-5-12)11-6-8-14-9-7-11/h2-8,10H,9,17H2,1H3,(H,18,20);2-6,13-14H,7-9H2,1H3. The van der Waals surface area contributed by atoms with Gasteiger partial charge in [0.1, 0.15) is 6.29 Å². The molecule has 5 N–H and O–H groups in total. The highest BCUT2D eigenvalue weighted by atomic mass is 16.1. The average Bonchev–Trinajstić information content (AvgIpc) is 2.90. The van der Waals surface area contributed by atoms with E-state index in [0.717, 1.165) is 42.6 Å². The molecule has 0 radical (unpaired) electrons. The molecule has 6 heteroatoms. The Labute approximate surface area is 201 Å². The van der Waals surface area contributed by atoms with Crippen LogP contribution in [0.25, 0.3) is 5.57 Å². The van der Waals surface area contributed by atoms with Gasteiger partial charge in [-0.15, -0.1) is 0 Å². The molecule has 0 saturated heterocycles. The quantitative estimate of drug-likeness (QED) is 0.406. The van der Waals surface area contributed by atoms with Gasteiger partial charge in [-0.1, -0.05) is 36.4 Å². The molecular formula is C28H32N4O2. The molecular weight excluding hydrogens is 424 g/mol. The number of hydrogen-bond donors (Lipinski definition) is 4. The fourth-order valence-electron chi connectivity index (χ4n) is 3.65. The Hall–Kier alpha value is -3.74. The Morgan fingerprint density at radius 3 is 2.29 bits per heavy atom. The Bertz CT molecular complexity index is 1140. The molecule has 1 heterocycles. The highest BCUT2D eigenvalue weighted by Gasteiger charge is 2.07. The summed E-state index contributed by atoms with van der Waals surface area (Å²) in [6, 6.07) is 20.7. The molecule has 34 heavy (non-hydrogen) atoms. The van der Waals surface area contributed by atoms with E-state index in [9.17, 15) is 9.59 Å². The first-order chi connectivity index (χ1) is 16.5. The van der Waals surface area contributed by atoms with Crippen LogP contribution in [-0.2, 0) is 6.54 Å². The van der Waals surface area contributed by atoms with Crippen LogP contribution >= 0.6 is 0 Å². The van der Waals surface area contributed by atoms with Gasteiger partial charge in [0.15, 0.2) is 0 Å². The second kappa shape index (κ2) is 12.5. The van der Waals surface area contributed by atoms with Crippen LogP contribution in [0.3, 0.4) is 0 Å². The molecule has 1 aliphatic heterocycles. The number of aryl methyl sites for hydroxylation is 1. The van der Waals surface area contributed by atoms with Crippen molar-refractivity contribution in [3.8, 4) is 0 Å². The molecule has 0 aromatic heterocycles. The van der Waals surface area contributed by atoms with E-state index in [-0.39, 0.29) is 5.91 Å². The van der Waals surface area contributed by atoms with E-state index >= 15 is 0 Å². The molecule has 0 saturated carbocycles. The van der Waals surface area contributed by atoms with E-state index in [1.807, 2.05) is 32.2 Å². The third-order valence-electron chi connectivity index (χ3n) is 5.74. The van der Waals surface area contributed by atoms with Crippen LogP contribution in [0.4, 0.5) is 11.4 Å². The number of benzene rings is 3. The molecule has 1 amide bonds. The zero-order valence-electron chi connectivity index (χ0n) is 19.7. The minimum Gasteiger partial charge on any atom is -0.388 e. The lowest BCUT2D eigenvalue weighted by molar-refractivity contribution is 0.102. The molecule has 0 aliphatic carbocycles. The number of carbonyl (C=O) groups excluding carboxylic acids is 2. The SMILES string of the molecule is CNc1ccc(C2=CCNCC2)cc1.Cc1cc(NC(=O)c2ccc(C=O)cc2)ccc1CN. The number of aldehydes is 1. The van der Waals surface area contributed by atoms with Crippen LogP contribution in [-0.4, -0.2) is 32.3 Å². The first-order valence-electron chi connectivity index (χ1n) is 11.4. The van der Waals surface area contributed by atoms with E-state index in [1.165, 1.54) is 16.8 Å². The number of nitrogens with two attached hydrogens (primary N) is 1. The predicted octanol–water partition coefficient (Wildman–Crippen LogP) is 4.62. The van der Waals surface area contributed by atoms with Gasteiger partial charge in [0.05, 0.1) is 0 Å². The minimum atomic E-state index is -0.206. The van der Waals surface area contributed by atoms with Crippen molar-refractivity contribution in [1.82, 2.24) is 5.32 Å². The third-order valence-corrected chi connectivity index (χ3v) is 5.74. The van der Waals surface area contributed by atoms with Crippen molar-refractivity contribution in [1.29, 1.82) is 0 Å². The Morgan fingerprint density at radius 1 is 1.03 bits per heavy atom. The third kappa shape index (κ3) is 6.88. The maximum absolute atomic E-state index is 12.1. The number of anilines is 2. The first-order valence-corrected chi connectivity index (χ1v) is 11.4. The number of amides is 1. The van der Waals surface area contributed by atoms with Gasteiger partial charge in [0.25, 0.3) is 5.91 Å². The number of nitrogens with one attached hydrogen (secondary N) is 3. The van der Waals surface area contributed by atoms with Crippen LogP contribution in [0.2, 0.25) is 0 Å². The summed E-state index contributed by atoms with van der Waals surface area (Å²) < 4.78 is 0. The summed E-state index contributed by atoms with van der Waals surface area (Å²) in [5, 5.41) is 9.26. The van der Waals surface area contributed by atoms with E-state index in [2.05, 4.69) is 46.3 Å². The van der Waals surface area contributed by atoms with Crippen molar-refractivity contribution in [3.63, 3.8) is 0 Å². The molecule has 176 valence electrons. The molecule has 0 bridgehead atoms. The molecule has 0 unspecified atom stereocenters. The van der Waals surface area contributed by atoms with E-state index in [0.29, 0.717) is 17.7 Å². The van der Waals surface area contributed by atoms with Crippen LogP contribution in [0.1, 0.15) is 43.8 Å². The fourth-order valence-corrected chi connectivity index (χ4v) is 3.65. The second-order valence-corrected chi connectivity index (χ2v) is 8.05. The summed E-state index contributed by atoms with van der Waals surface area (Å²) in [5.74, 6) is -0.206. The van der Waals surface area contributed by atoms with Gasteiger partial charge in [-0.3, -0.25) is 9.59 Å². The van der Waals surface area contributed by atoms with Gasteiger partial charge in [-0.05, 0) is 78.6 Å². The lowest BCUT2D eigenvalue weighted by Gasteiger charge is -2.14. The molecule has 6 nitrogen and oxygen atoms in total. The Kier molecular flexibility index (Phi) is 9.14. The maximum atomic E-state index is 12.1. The summed E-state index contributed by atoms with van der Waals surface area (Å²) in [5.41, 5.74) is 13.5. The monoisotopic (exact) mass is 456 g/mol. The Balaban J connectivity index is 0.000000202. The first kappa shape index (κ1) is 24.9. The van der Waals surface area contributed by atoms with Crippen LogP contribution in [0.5, 0.6) is 0 Å². The summed E-state index contributed by atoms with van der Waals surface area (Å²) >= 11 is 0. The van der Waals surface area contributed by atoms with Crippen molar-refractivity contribution in [2.45, 2.75) is 19.9 Å². The molecule has 0 spiro atoms. The van der Waals surface area contributed by atoms with Gasteiger partial charge >= 0.3 is 0 Å². The van der Waals surface area contributed by atoms with Gasteiger partial charge in [0, 0.05) is 42.6 Å². The molecule has 3 aromatic rings. The molecule has 4 rings (SSSR count). The zero-order chi connectivity index (χ0) is 24.3. The number of hydrogen-bond acceptors (Lipinski definition) is 5.